The van der Waals surface area contributed by atoms with E-state index in [1.807, 2.05) is 6.92 Å². The summed E-state index contributed by atoms with van der Waals surface area (Å²) >= 11 is 6.68. The summed E-state index contributed by atoms with van der Waals surface area (Å²) in [4.78, 5) is 50.8. The van der Waals surface area contributed by atoms with Crippen molar-refractivity contribution in [2.24, 2.45) is 40.4 Å². The van der Waals surface area contributed by atoms with Crippen molar-refractivity contribution in [1.82, 2.24) is 0 Å². The van der Waals surface area contributed by atoms with Crippen LogP contribution in [-0.2, 0) is 23.9 Å². The van der Waals surface area contributed by atoms with Gasteiger partial charge in [-0.05, 0) is 67.8 Å². The highest BCUT2D eigenvalue weighted by Gasteiger charge is 2.72. The number of carbonyl (C=O) groups is 4. The predicted molar refractivity (Wildman–Crippen MR) is 109 cm³/mol. The van der Waals surface area contributed by atoms with Gasteiger partial charge in [-0.15, -0.1) is 0 Å². The standard InChI is InChI=1S/C24H29ClO5/c1-11(26)24(30-12(2)27)8-6-14-19-15(5-7-22(14,24)3)23(4)16-9-13(16)18(28)10-17(23)20(25)21(19)29/h13-16,19H,5-10H2,1-4H3/t13-,14?,15?,16+,19?,22+,23+,24+/m1/s1. The zero-order valence-corrected chi connectivity index (χ0v) is 18.8. The maximum atomic E-state index is 13.6. The highest BCUT2D eigenvalue weighted by atomic mass is 35.5. The smallest absolute Gasteiger partial charge is 0.303 e. The van der Waals surface area contributed by atoms with E-state index in [-0.39, 0.29) is 57.4 Å². The van der Waals surface area contributed by atoms with Crippen molar-refractivity contribution >= 4 is 34.9 Å². The average molecular weight is 433 g/mol. The van der Waals surface area contributed by atoms with Gasteiger partial charge in [0, 0.05) is 30.6 Å². The summed E-state index contributed by atoms with van der Waals surface area (Å²) in [5.74, 6) is -0.255. The lowest BCUT2D eigenvalue weighted by Gasteiger charge is -2.58. The van der Waals surface area contributed by atoms with Gasteiger partial charge in [0.25, 0.3) is 0 Å². The predicted octanol–water partition coefficient (Wildman–Crippen LogP) is 4.01. The van der Waals surface area contributed by atoms with Crippen molar-refractivity contribution < 1.29 is 23.9 Å². The Hall–Kier alpha value is -1.49. The van der Waals surface area contributed by atoms with Crippen LogP contribution in [0.1, 0.15) is 66.2 Å². The third kappa shape index (κ3) is 2.20. The molecule has 6 heteroatoms. The Morgan fingerprint density at radius 2 is 1.70 bits per heavy atom. The van der Waals surface area contributed by atoms with E-state index in [9.17, 15) is 19.2 Å². The largest absolute Gasteiger partial charge is 0.451 e. The Morgan fingerprint density at radius 3 is 2.33 bits per heavy atom. The molecule has 0 aromatic carbocycles. The summed E-state index contributed by atoms with van der Waals surface area (Å²) in [6.07, 6.45) is 3.82. The molecule has 0 heterocycles. The Labute approximate surface area is 181 Å². The lowest BCUT2D eigenvalue weighted by molar-refractivity contribution is -0.187. The minimum atomic E-state index is -1.17. The Morgan fingerprint density at radius 1 is 1.03 bits per heavy atom. The fraction of sp³-hybridized carbons (Fsp3) is 0.750. The van der Waals surface area contributed by atoms with Crippen LogP contribution in [0.5, 0.6) is 0 Å². The number of Topliss-reactive ketones (excluding diaryl/α,β-unsaturated/α-hetero) is 3. The molecule has 5 aliphatic carbocycles. The molecule has 162 valence electrons. The van der Waals surface area contributed by atoms with Crippen LogP contribution < -0.4 is 0 Å². The molecule has 0 N–H and O–H groups in total. The SMILES string of the molecule is CC(=O)O[C@]1(C(C)=O)CCC2C3C(=O)C(Cl)=C4CC(=O)[C@@H]5C[C@@H]5[C@]4(C)C3CC[C@@]21C. The number of ketones is 3. The van der Waals surface area contributed by atoms with E-state index >= 15 is 0 Å². The fourth-order valence-electron chi connectivity index (χ4n) is 8.28. The molecule has 0 radical (unpaired) electrons. The van der Waals surface area contributed by atoms with Gasteiger partial charge < -0.3 is 4.74 Å². The molecule has 8 atom stereocenters. The van der Waals surface area contributed by atoms with E-state index in [1.165, 1.54) is 13.8 Å². The first-order valence-electron chi connectivity index (χ1n) is 11.2. The van der Waals surface area contributed by atoms with E-state index in [0.717, 1.165) is 24.8 Å². The molecule has 0 bridgehead atoms. The molecule has 30 heavy (non-hydrogen) atoms. The molecule has 0 aliphatic heterocycles. The molecule has 0 spiro atoms. The fourth-order valence-corrected chi connectivity index (χ4v) is 8.68. The highest BCUT2D eigenvalue weighted by Crippen LogP contribution is 2.72. The van der Waals surface area contributed by atoms with Crippen LogP contribution in [-0.4, -0.2) is 28.9 Å². The maximum absolute atomic E-state index is 13.6. The minimum absolute atomic E-state index is 0.0612. The Balaban J connectivity index is 1.61. The van der Waals surface area contributed by atoms with Gasteiger partial charge in [-0.1, -0.05) is 25.4 Å². The zero-order chi connectivity index (χ0) is 21.8. The van der Waals surface area contributed by atoms with Crippen LogP contribution in [0.4, 0.5) is 0 Å². The number of ether oxygens (including phenoxy) is 1. The summed E-state index contributed by atoms with van der Waals surface area (Å²) < 4.78 is 5.76. The second-order valence-corrected chi connectivity index (χ2v) is 11.1. The third-order valence-corrected chi connectivity index (χ3v) is 10.2. The van der Waals surface area contributed by atoms with Crippen LogP contribution in [0.2, 0.25) is 0 Å². The molecule has 5 aliphatic rings. The second-order valence-electron chi connectivity index (χ2n) is 10.7. The summed E-state index contributed by atoms with van der Waals surface area (Å²) in [6, 6.07) is 0. The number of rotatable bonds is 2. The second kappa shape index (κ2) is 6.05. The molecular weight excluding hydrogens is 404 g/mol. The molecule has 4 saturated carbocycles. The maximum Gasteiger partial charge on any atom is 0.303 e. The van der Waals surface area contributed by atoms with Gasteiger partial charge in [0.2, 0.25) is 0 Å². The van der Waals surface area contributed by atoms with Crippen molar-refractivity contribution in [3.8, 4) is 0 Å². The lowest BCUT2D eigenvalue weighted by Crippen LogP contribution is -2.60. The third-order valence-electron chi connectivity index (χ3n) is 9.81. The van der Waals surface area contributed by atoms with Crippen molar-refractivity contribution in [1.29, 1.82) is 0 Å². The van der Waals surface area contributed by atoms with Crippen LogP contribution >= 0.6 is 11.6 Å². The molecule has 0 saturated heterocycles. The summed E-state index contributed by atoms with van der Waals surface area (Å²) in [7, 11) is 0. The van der Waals surface area contributed by atoms with E-state index < -0.39 is 17.0 Å². The van der Waals surface area contributed by atoms with Gasteiger partial charge in [0.15, 0.2) is 17.2 Å². The molecule has 0 aromatic heterocycles. The van der Waals surface area contributed by atoms with Crippen LogP contribution in [0, 0.1) is 40.4 Å². The number of esters is 1. The van der Waals surface area contributed by atoms with Gasteiger partial charge in [-0.25, -0.2) is 0 Å². The molecule has 5 rings (SSSR count). The van der Waals surface area contributed by atoms with Crippen LogP contribution in [0.15, 0.2) is 10.6 Å². The first kappa shape index (κ1) is 20.4. The molecule has 5 nitrogen and oxygen atoms in total. The van der Waals surface area contributed by atoms with Crippen LogP contribution in [0.3, 0.4) is 0 Å². The quantitative estimate of drug-likeness (QED) is 0.616. The van der Waals surface area contributed by atoms with Crippen molar-refractivity contribution in [3.63, 3.8) is 0 Å². The summed E-state index contributed by atoms with van der Waals surface area (Å²) in [5.41, 5.74) is -1.12. The number of hydrogen-bond donors (Lipinski definition) is 0. The molecular formula is C24H29ClO5. The van der Waals surface area contributed by atoms with Crippen molar-refractivity contribution in [2.75, 3.05) is 0 Å². The van der Waals surface area contributed by atoms with Crippen LogP contribution in [0.25, 0.3) is 0 Å². The monoisotopic (exact) mass is 432 g/mol. The van der Waals surface area contributed by atoms with Gasteiger partial charge in [0.05, 0.1) is 5.03 Å². The summed E-state index contributed by atoms with van der Waals surface area (Å²) in [5, 5.41) is 0.259. The molecule has 3 unspecified atom stereocenters. The molecule has 0 amide bonds. The average Bonchev–Trinajstić information content (AvgIpc) is 3.43. The molecule has 4 fully saturated rings. The van der Waals surface area contributed by atoms with Gasteiger partial charge in [-0.3, -0.25) is 19.2 Å². The van der Waals surface area contributed by atoms with Gasteiger partial charge in [0.1, 0.15) is 5.78 Å². The summed E-state index contributed by atoms with van der Waals surface area (Å²) in [6.45, 7) is 7.09. The number of halogens is 1. The Bertz CT molecular complexity index is 936. The van der Waals surface area contributed by atoms with E-state index in [0.29, 0.717) is 19.3 Å². The lowest BCUT2D eigenvalue weighted by atomic mass is 9.46. The Kier molecular flexibility index (Phi) is 4.12. The number of carbonyl (C=O) groups excluding carboxylic acids is 4. The van der Waals surface area contributed by atoms with E-state index in [2.05, 4.69) is 6.92 Å². The zero-order valence-electron chi connectivity index (χ0n) is 18.0. The topological polar surface area (TPSA) is 77.5 Å². The normalized spacial score (nSPS) is 49.0. The number of allylic oxidation sites excluding steroid dienone is 2. The first-order valence-corrected chi connectivity index (χ1v) is 11.5. The van der Waals surface area contributed by atoms with Crippen molar-refractivity contribution in [3.05, 3.63) is 10.6 Å². The van der Waals surface area contributed by atoms with Gasteiger partial charge in [-0.2, -0.15) is 0 Å². The van der Waals surface area contributed by atoms with Gasteiger partial charge >= 0.3 is 5.97 Å². The highest BCUT2D eigenvalue weighted by molar-refractivity contribution is 6.43. The van der Waals surface area contributed by atoms with E-state index in [4.69, 9.17) is 16.3 Å². The minimum Gasteiger partial charge on any atom is -0.451 e. The van der Waals surface area contributed by atoms with Crippen molar-refractivity contribution in [2.45, 2.75) is 71.8 Å². The first-order chi connectivity index (χ1) is 14.0. The number of fused-ring (bicyclic) bond motifs is 7. The molecule has 0 aromatic rings. The number of hydrogen-bond acceptors (Lipinski definition) is 5. The van der Waals surface area contributed by atoms with E-state index in [1.54, 1.807) is 0 Å².